The first-order chi connectivity index (χ1) is 11.8. The maximum absolute atomic E-state index is 12.6. The normalized spacial score (nSPS) is 23.4. The average Bonchev–Trinajstić information content (AvgIpc) is 3.07. The van der Waals surface area contributed by atoms with E-state index in [2.05, 4.69) is 20.3 Å². The lowest BCUT2D eigenvalue weighted by Crippen LogP contribution is -2.51. The van der Waals surface area contributed by atoms with E-state index in [0.29, 0.717) is 11.3 Å². The molecule has 2 aromatic heterocycles. The summed E-state index contributed by atoms with van der Waals surface area (Å²) in [7, 11) is 0. The lowest BCUT2D eigenvalue weighted by molar-refractivity contribution is 0.0829. The quantitative estimate of drug-likeness (QED) is 0.939. The second-order valence-electron chi connectivity index (χ2n) is 7.04. The van der Waals surface area contributed by atoms with Gasteiger partial charge in [-0.3, -0.25) is 9.69 Å². The number of carbonyl (C=O) groups excluding carboxylic acids is 1. The first-order valence-electron chi connectivity index (χ1n) is 9.15. The Hall–Kier alpha value is -1.95. The molecular formula is C18H25N5O. The monoisotopic (exact) mass is 327 g/mol. The molecule has 0 bridgehead atoms. The van der Waals surface area contributed by atoms with Gasteiger partial charge < -0.3 is 5.32 Å². The van der Waals surface area contributed by atoms with E-state index in [1.54, 1.807) is 16.9 Å². The predicted octanol–water partition coefficient (Wildman–Crippen LogP) is 2.26. The van der Waals surface area contributed by atoms with Gasteiger partial charge in [-0.25, -0.2) is 9.50 Å². The minimum atomic E-state index is -0.0725. The molecule has 2 aliphatic rings. The van der Waals surface area contributed by atoms with Crippen LogP contribution in [0.5, 0.6) is 0 Å². The van der Waals surface area contributed by atoms with Gasteiger partial charge in [-0.2, -0.15) is 5.10 Å². The van der Waals surface area contributed by atoms with Crippen molar-refractivity contribution in [3.05, 3.63) is 30.2 Å². The second kappa shape index (κ2) is 6.89. The zero-order valence-corrected chi connectivity index (χ0v) is 14.0. The van der Waals surface area contributed by atoms with E-state index in [4.69, 9.17) is 0 Å². The fraction of sp³-hybridized carbons (Fsp3) is 0.611. The van der Waals surface area contributed by atoms with Crippen LogP contribution in [0.25, 0.3) is 5.65 Å². The number of imidazole rings is 1. The van der Waals surface area contributed by atoms with Crippen molar-refractivity contribution in [3.63, 3.8) is 0 Å². The van der Waals surface area contributed by atoms with Crippen LogP contribution in [-0.2, 0) is 0 Å². The van der Waals surface area contributed by atoms with Crippen LogP contribution in [0.3, 0.4) is 0 Å². The van der Waals surface area contributed by atoms with Gasteiger partial charge in [-0.1, -0.05) is 19.3 Å². The summed E-state index contributed by atoms with van der Waals surface area (Å²) >= 11 is 0. The molecule has 1 aliphatic carbocycles. The van der Waals surface area contributed by atoms with Crippen LogP contribution in [-0.4, -0.2) is 50.6 Å². The number of amides is 1. The third kappa shape index (κ3) is 3.15. The molecule has 1 N–H and O–H groups in total. The summed E-state index contributed by atoms with van der Waals surface area (Å²) in [6, 6.07) is 4.63. The largest absolute Gasteiger partial charge is 0.347 e. The summed E-state index contributed by atoms with van der Waals surface area (Å²) in [5.74, 6) is -0.0725. The molecule has 0 radical (unpaired) electrons. The number of nitrogens with zero attached hydrogens (tertiary/aromatic N) is 4. The fourth-order valence-corrected chi connectivity index (χ4v) is 4.15. The van der Waals surface area contributed by atoms with Gasteiger partial charge >= 0.3 is 0 Å². The second-order valence-corrected chi connectivity index (χ2v) is 7.04. The zero-order valence-electron chi connectivity index (χ0n) is 14.0. The first kappa shape index (κ1) is 15.6. The Morgan fingerprint density at radius 3 is 2.92 bits per heavy atom. The third-order valence-corrected chi connectivity index (χ3v) is 5.39. The summed E-state index contributed by atoms with van der Waals surface area (Å²) in [4.78, 5) is 19.5. The van der Waals surface area contributed by atoms with E-state index < -0.39 is 0 Å². The van der Waals surface area contributed by atoms with Crippen molar-refractivity contribution in [1.82, 2.24) is 24.8 Å². The highest BCUT2D eigenvalue weighted by Crippen LogP contribution is 2.25. The summed E-state index contributed by atoms with van der Waals surface area (Å²) < 4.78 is 1.61. The number of carbonyl (C=O) groups is 1. The summed E-state index contributed by atoms with van der Waals surface area (Å²) in [6.45, 7) is 2.15. The van der Waals surface area contributed by atoms with Gasteiger partial charge in [-0.05, 0) is 44.4 Å². The molecular weight excluding hydrogens is 302 g/mol. The van der Waals surface area contributed by atoms with Crippen molar-refractivity contribution in [1.29, 1.82) is 0 Å². The molecule has 24 heavy (non-hydrogen) atoms. The first-order valence-corrected chi connectivity index (χ1v) is 9.15. The van der Waals surface area contributed by atoms with E-state index in [1.807, 2.05) is 12.1 Å². The van der Waals surface area contributed by atoms with Crippen LogP contribution in [0.2, 0.25) is 0 Å². The molecule has 6 nitrogen and oxygen atoms in total. The number of aromatic nitrogens is 3. The highest BCUT2D eigenvalue weighted by atomic mass is 16.2. The van der Waals surface area contributed by atoms with E-state index in [9.17, 15) is 4.79 Å². The smallest absolute Gasteiger partial charge is 0.271 e. The molecule has 6 heteroatoms. The molecule has 1 aliphatic heterocycles. The van der Waals surface area contributed by atoms with Crippen LogP contribution >= 0.6 is 0 Å². The highest BCUT2D eigenvalue weighted by molar-refractivity contribution is 5.93. The molecule has 128 valence electrons. The van der Waals surface area contributed by atoms with Crippen molar-refractivity contribution in [3.8, 4) is 0 Å². The van der Waals surface area contributed by atoms with Crippen molar-refractivity contribution in [2.45, 2.75) is 57.0 Å². The van der Waals surface area contributed by atoms with Gasteiger partial charge in [-0.15, -0.1) is 0 Å². The van der Waals surface area contributed by atoms with Gasteiger partial charge in [0.05, 0.1) is 6.20 Å². The average molecular weight is 327 g/mol. The number of piperidine rings is 1. The molecule has 0 unspecified atom stereocenters. The number of rotatable bonds is 3. The minimum absolute atomic E-state index is 0.0725. The Morgan fingerprint density at radius 2 is 2.04 bits per heavy atom. The maximum Gasteiger partial charge on any atom is 0.271 e. The van der Waals surface area contributed by atoms with Gasteiger partial charge in [0.15, 0.2) is 5.65 Å². The van der Waals surface area contributed by atoms with Crippen molar-refractivity contribution in [2.75, 3.05) is 13.1 Å². The Bertz CT molecular complexity index is 706. The topological polar surface area (TPSA) is 62.5 Å². The van der Waals surface area contributed by atoms with Gasteiger partial charge in [0, 0.05) is 24.8 Å². The zero-order chi connectivity index (χ0) is 16.4. The van der Waals surface area contributed by atoms with E-state index in [0.717, 1.165) is 25.4 Å². The lowest BCUT2D eigenvalue weighted by atomic mass is 9.92. The molecule has 3 heterocycles. The Kier molecular flexibility index (Phi) is 4.47. The van der Waals surface area contributed by atoms with E-state index >= 15 is 0 Å². The number of hydrogen-bond donors (Lipinski definition) is 1. The number of hydrogen-bond acceptors (Lipinski definition) is 4. The molecule has 1 atom stereocenters. The maximum atomic E-state index is 12.6. The number of fused-ring (bicyclic) bond motifs is 1. The van der Waals surface area contributed by atoms with E-state index in [1.165, 1.54) is 38.6 Å². The third-order valence-electron chi connectivity index (χ3n) is 5.39. The molecule has 0 spiro atoms. The lowest BCUT2D eigenvalue weighted by Gasteiger charge is -2.40. The number of likely N-dealkylation sites (tertiary alicyclic amines) is 1. The summed E-state index contributed by atoms with van der Waals surface area (Å²) in [6.07, 6.45) is 12.2. The molecule has 1 amide bonds. The van der Waals surface area contributed by atoms with E-state index in [-0.39, 0.29) is 11.9 Å². The summed E-state index contributed by atoms with van der Waals surface area (Å²) in [5.41, 5.74) is 1.22. The summed E-state index contributed by atoms with van der Waals surface area (Å²) in [5, 5.41) is 7.43. The van der Waals surface area contributed by atoms with Crippen LogP contribution in [0.4, 0.5) is 0 Å². The number of nitrogens with one attached hydrogen (secondary N) is 1. The molecule has 2 aromatic rings. The Labute approximate surface area is 142 Å². The molecule has 1 saturated heterocycles. The molecule has 0 aromatic carbocycles. The van der Waals surface area contributed by atoms with Gasteiger partial charge in [0.25, 0.3) is 5.91 Å². The van der Waals surface area contributed by atoms with Crippen LogP contribution in [0.15, 0.2) is 24.5 Å². The Morgan fingerprint density at radius 1 is 1.17 bits per heavy atom. The highest BCUT2D eigenvalue weighted by Gasteiger charge is 2.28. The van der Waals surface area contributed by atoms with Crippen LogP contribution in [0.1, 0.15) is 55.4 Å². The van der Waals surface area contributed by atoms with Crippen LogP contribution < -0.4 is 5.32 Å². The van der Waals surface area contributed by atoms with Crippen LogP contribution in [0, 0.1) is 0 Å². The SMILES string of the molecule is O=C(N[C@@H]1CCCN(C2CCCCC2)C1)c1cnc2cccnn12. The fourth-order valence-electron chi connectivity index (χ4n) is 4.15. The molecule has 2 fully saturated rings. The molecule has 1 saturated carbocycles. The molecule has 4 rings (SSSR count). The Balaban J connectivity index is 1.41. The predicted molar refractivity (Wildman–Crippen MR) is 91.9 cm³/mol. The van der Waals surface area contributed by atoms with Gasteiger partial charge in [0.2, 0.25) is 0 Å². The standard InChI is InChI=1S/C18H25N5O/c24-18(16-12-19-17-9-4-10-20-23(16)17)21-14-6-5-11-22(13-14)15-7-2-1-3-8-15/h4,9-10,12,14-15H,1-3,5-8,11,13H2,(H,21,24)/t14-/m1/s1. The van der Waals surface area contributed by atoms with Crippen molar-refractivity contribution < 1.29 is 4.79 Å². The minimum Gasteiger partial charge on any atom is -0.347 e. The van der Waals surface area contributed by atoms with Crippen molar-refractivity contribution in [2.24, 2.45) is 0 Å². The van der Waals surface area contributed by atoms with Gasteiger partial charge in [0.1, 0.15) is 5.69 Å². The van der Waals surface area contributed by atoms with Crippen molar-refractivity contribution >= 4 is 11.6 Å².